The molecule has 14 nitrogen and oxygen atoms in total. The van der Waals surface area contributed by atoms with E-state index in [2.05, 4.69) is 9.97 Å². The van der Waals surface area contributed by atoms with Gasteiger partial charge in [-0.15, -0.1) is 0 Å². The molecule has 253 valence electrons. The topological polar surface area (TPSA) is 315 Å². The molecule has 0 amide bonds. The van der Waals surface area contributed by atoms with Crippen molar-refractivity contribution >= 4 is 63.7 Å². The fourth-order valence-corrected chi connectivity index (χ4v) is 5.73. The maximum atomic E-state index is 11.3. The average Bonchev–Trinajstić information content (AvgIpc) is 3.37. The maximum absolute atomic E-state index is 11.3. The predicted molar refractivity (Wildman–Crippen MR) is 174 cm³/mol. The number of furan rings is 1. The van der Waals surface area contributed by atoms with Crippen LogP contribution in [-0.2, 0) is 53.7 Å². The van der Waals surface area contributed by atoms with E-state index in [0.29, 0.717) is 43.5 Å². The van der Waals surface area contributed by atoms with E-state index < -0.39 is 20.2 Å². The summed E-state index contributed by atoms with van der Waals surface area (Å²) in [7, 11) is -9.18. The smallest absolute Gasteiger partial charge is 0.744 e. The first kappa shape index (κ1) is 42.6. The van der Waals surface area contributed by atoms with Crippen LogP contribution in [0.5, 0.6) is 0 Å². The Balaban J connectivity index is 0.00000101. The minimum Gasteiger partial charge on any atom is -0.744 e. The van der Waals surface area contributed by atoms with Gasteiger partial charge in [0.05, 0.1) is 21.2 Å². The van der Waals surface area contributed by atoms with Gasteiger partial charge in [0.2, 0.25) is 0 Å². The summed E-state index contributed by atoms with van der Waals surface area (Å²) in [6, 6.07) is 26.5. The molecule has 1 radical (unpaired) electrons. The van der Waals surface area contributed by atoms with Gasteiger partial charge in [-0.1, -0.05) is 36.4 Å². The molecule has 0 saturated heterocycles. The van der Waals surface area contributed by atoms with Crippen molar-refractivity contribution in [1.82, 2.24) is 9.97 Å². The minimum absolute atomic E-state index is 0. The number of nitrogens with zero attached hydrogens (tertiary/aromatic N) is 2. The third-order valence-electron chi connectivity index (χ3n) is 6.55. The Bertz CT molecular complexity index is 2160. The summed E-state index contributed by atoms with van der Waals surface area (Å²) in [5.41, 5.74) is 2.94. The van der Waals surface area contributed by atoms with Crippen LogP contribution in [0.2, 0.25) is 0 Å². The molecular formula is C30H31CuN2O12S2+3. The molecule has 0 saturated carbocycles. The first-order valence-electron chi connectivity index (χ1n) is 12.2. The summed E-state index contributed by atoms with van der Waals surface area (Å²) in [5.74, 6) is 0. The van der Waals surface area contributed by atoms with Crippen LogP contribution in [0.25, 0.3) is 54.9 Å². The molecule has 0 bridgehead atoms. The SMILES string of the molecule is O.O.O=S(=O)([O-])c1ccc2c(ccc3oc4ccc5cc(S(=O)(=O)[O-])ccc5c4c32)c1.[Cu+2].[OH3+].[OH3+].[OH3+].c1ccc(-c2ccccn2)nc1. The van der Waals surface area contributed by atoms with E-state index in [4.69, 9.17) is 4.42 Å². The van der Waals surface area contributed by atoms with Gasteiger partial charge in [0.25, 0.3) is 0 Å². The van der Waals surface area contributed by atoms with Crippen molar-refractivity contribution in [1.29, 1.82) is 0 Å². The van der Waals surface area contributed by atoms with Crippen molar-refractivity contribution in [2.75, 3.05) is 0 Å². The molecule has 0 aliphatic rings. The van der Waals surface area contributed by atoms with Crippen LogP contribution in [0.1, 0.15) is 0 Å². The summed E-state index contributed by atoms with van der Waals surface area (Å²) in [5, 5.41) is 3.87. The van der Waals surface area contributed by atoms with Crippen molar-refractivity contribution < 1.29 is 74.8 Å². The van der Waals surface area contributed by atoms with Crippen molar-refractivity contribution in [2.45, 2.75) is 9.79 Å². The molecule has 7 aromatic rings. The Morgan fingerprint density at radius 3 is 1.23 bits per heavy atom. The molecule has 4 aromatic carbocycles. The van der Waals surface area contributed by atoms with Gasteiger partial charge in [-0.05, 0) is 82.2 Å². The van der Waals surface area contributed by atoms with E-state index >= 15 is 0 Å². The summed E-state index contributed by atoms with van der Waals surface area (Å²) < 4.78 is 74.0. The van der Waals surface area contributed by atoms with Gasteiger partial charge in [-0.3, -0.25) is 9.97 Å². The number of pyridine rings is 2. The zero-order valence-electron chi connectivity index (χ0n) is 24.0. The summed E-state index contributed by atoms with van der Waals surface area (Å²) in [6.45, 7) is 0. The van der Waals surface area contributed by atoms with Gasteiger partial charge < -0.3 is 40.9 Å². The quantitative estimate of drug-likeness (QED) is 0.143. The van der Waals surface area contributed by atoms with E-state index in [1.165, 1.54) is 24.3 Å². The molecule has 3 heterocycles. The fourth-order valence-electron chi connectivity index (χ4n) is 4.72. The number of rotatable bonds is 3. The monoisotopic (exact) mass is 738 g/mol. The Labute approximate surface area is 278 Å². The first-order chi connectivity index (χ1) is 19.6. The molecular weight excluding hydrogens is 708 g/mol. The second kappa shape index (κ2) is 16.5. The number of fused-ring (bicyclic) bond motifs is 7. The van der Waals surface area contributed by atoms with Crippen molar-refractivity contribution in [3.8, 4) is 11.4 Å². The van der Waals surface area contributed by atoms with Crippen LogP contribution >= 0.6 is 0 Å². The van der Waals surface area contributed by atoms with Gasteiger partial charge >= 0.3 is 17.1 Å². The summed E-state index contributed by atoms with van der Waals surface area (Å²) >= 11 is 0. The molecule has 7 rings (SSSR count). The molecule has 17 heteroatoms. The number of hydrogen-bond acceptors (Lipinski definition) is 9. The third-order valence-corrected chi connectivity index (χ3v) is 8.21. The molecule has 47 heavy (non-hydrogen) atoms. The number of hydrogen-bond donors (Lipinski definition) is 0. The van der Waals surface area contributed by atoms with Gasteiger partial charge in [-0.2, -0.15) is 0 Å². The summed E-state index contributed by atoms with van der Waals surface area (Å²) in [4.78, 5) is 7.72. The van der Waals surface area contributed by atoms with Crippen LogP contribution in [0.15, 0.2) is 124 Å². The standard InChI is InChI=1S/C20H12O7S2.C10H8N2.Cu.5H2O/c21-28(22,23)13-3-5-15-11(9-13)1-7-17-19(15)20-16-6-4-14(29(24,25)26)10-12(16)2-8-18(20)27-17;1-3-7-11-9(5-1)10-6-2-4-8-12-10;;;;;;/h1-10H,(H,21,22,23)(H,24,25,26);1-8H;;5*1H2/q;;+2;;;;;/p+1. The van der Waals surface area contributed by atoms with Gasteiger partial charge in [0, 0.05) is 23.2 Å². The van der Waals surface area contributed by atoms with Gasteiger partial charge in [-0.25, -0.2) is 16.8 Å². The molecule has 0 unspecified atom stereocenters. The minimum atomic E-state index is -4.59. The Morgan fingerprint density at radius 1 is 0.532 bits per heavy atom. The zero-order valence-corrected chi connectivity index (χ0v) is 26.6. The summed E-state index contributed by atoms with van der Waals surface area (Å²) in [6.07, 6.45) is 3.54. The number of benzene rings is 4. The molecule has 0 atom stereocenters. The van der Waals surface area contributed by atoms with Crippen molar-refractivity contribution in [3.05, 3.63) is 109 Å². The molecule has 13 N–H and O–H groups in total. The van der Waals surface area contributed by atoms with Crippen LogP contribution in [0, 0.1) is 0 Å². The zero-order chi connectivity index (χ0) is 28.8. The predicted octanol–water partition coefficient (Wildman–Crippen LogP) is 1.43. The van der Waals surface area contributed by atoms with E-state index in [-0.39, 0.29) is 54.2 Å². The molecule has 0 aliphatic carbocycles. The number of aromatic nitrogens is 2. The normalized spacial score (nSPS) is 10.5. The van der Waals surface area contributed by atoms with E-state index in [1.807, 2.05) is 36.4 Å². The van der Waals surface area contributed by atoms with Crippen LogP contribution < -0.4 is 0 Å². The second-order valence-corrected chi connectivity index (χ2v) is 11.8. The van der Waals surface area contributed by atoms with Crippen molar-refractivity contribution in [2.24, 2.45) is 0 Å². The Kier molecular flexibility index (Phi) is 14.9. The maximum Gasteiger partial charge on any atom is 2.00 e. The van der Waals surface area contributed by atoms with Crippen molar-refractivity contribution in [3.63, 3.8) is 0 Å². The molecule has 3 aromatic heterocycles. The Morgan fingerprint density at radius 2 is 0.915 bits per heavy atom. The van der Waals surface area contributed by atoms with Gasteiger partial charge in [0.15, 0.2) is 0 Å². The van der Waals surface area contributed by atoms with Crippen LogP contribution in [-0.4, -0.2) is 46.9 Å². The molecule has 0 aliphatic heterocycles. The Hall–Kier alpha value is -4.36. The third kappa shape index (κ3) is 8.52. The second-order valence-electron chi connectivity index (χ2n) is 9.08. The van der Waals surface area contributed by atoms with E-state index in [1.54, 1.807) is 48.8 Å². The fraction of sp³-hybridized carbons (Fsp3) is 0. The first-order valence-corrected chi connectivity index (χ1v) is 15.0. The van der Waals surface area contributed by atoms with Crippen LogP contribution in [0.4, 0.5) is 0 Å². The van der Waals surface area contributed by atoms with Gasteiger partial charge in [0.1, 0.15) is 31.4 Å². The molecule has 0 spiro atoms. The largest absolute Gasteiger partial charge is 2.00 e. The van der Waals surface area contributed by atoms with E-state index in [9.17, 15) is 25.9 Å². The molecule has 0 fully saturated rings. The average molecular weight is 739 g/mol. The van der Waals surface area contributed by atoms with Crippen LogP contribution in [0.3, 0.4) is 0 Å². The van der Waals surface area contributed by atoms with E-state index in [0.717, 1.165) is 11.4 Å².